The minimum absolute atomic E-state index is 0.170. The fourth-order valence-corrected chi connectivity index (χ4v) is 3.81. The van der Waals surface area contributed by atoms with Crippen molar-refractivity contribution in [2.24, 2.45) is 0 Å². The van der Waals surface area contributed by atoms with Crippen LogP contribution in [-0.4, -0.2) is 36.2 Å². The summed E-state index contributed by atoms with van der Waals surface area (Å²) in [6.45, 7) is 0.170. The average Bonchev–Trinajstić information content (AvgIpc) is 2.53. The summed E-state index contributed by atoms with van der Waals surface area (Å²) >= 11 is 3.15. The second-order valence-electron chi connectivity index (χ2n) is 4.77. The first-order valence-electron chi connectivity index (χ1n) is 6.62. The van der Waals surface area contributed by atoms with E-state index in [0.717, 1.165) is 10.00 Å². The molecule has 0 N–H and O–H groups in total. The highest BCUT2D eigenvalue weighted by Gasteiger charge is 2.29. The molecule has 7 nitrogen and oxygen atoms in total. The van der Waals surface area contributed by atoms with Crippen LogP contribution in [0.5, 0.6) is 0 Å². The number of sulfonamides is 1. The van der Waals surface area contributed by atoms with Crippen LogP contribution in [0.2, 0.25) is 0 Å². The number of hydrogen-bond acceptors (Lipinski definition) is 5. The maximum absolute atomic E-state index is 12.6. The van der Waals surface area contributed by atoms with Gasteiger partial charge in [0, 0.05) is 42.4 Å². The van der Waals surface area contributed by atoms with Crippen molar-refractivity contribution in [2.75, 3.05) is 13.6 Å². The molecule has 2 aromatic rings. The van der Waals surface area contributed by atoms with E-state index < -0.39 is 20.6 Å². The minimum atomic E-state index is -3.97. The normalized spacial score (nSPS) is 11.6. The van der Waals surface area contributed by atoms with Crippen LogP contribution in [0, 0.1) is 10.1 Å². The van der Waals surface area contributed by atoms with Crippen molar-refractivity contribution >= 4 is 31.6 Å². The molecule has 0 atom stereocenters. The van der Waals surface area contributed by atoms with Crippen molar-refractivity contribution in [3.8, 4) is 0 Å². The minimum Gasteiger partial charge on any atom is -0.261 e. The maximum Gasteiger partial charge on any atom is 0.289 e. The van der Waals surface area contributed by atoms with Crippen LogP contribution in [0.25, 0.3) is 0 Å². The molecule has 0 saturated heterocycles. The van der Waals surface area contributed by atoms with Crippen molar-refractivity contribution in [2.45, 2.75) is 11.3 Å². The van der Waals surface area contributed by atoms with Crippen LogP contribution in [0.15, 0.2) is 52.0 Å². The van der Waals surface area contributed by atoms with Crippen LogP contribution in [-0.2, 0) is 16.4 Å². The number of nitro groups is 1. The Hall–Kier alpha value is -1.84. The van der Waals surface area contributed by atoms with Gasteiger partial charge in [0.05, 0.1) is 4.92 Å². The van der Waals surface area contributed by atoms with Gasteiger partial charge in [-0.3, -0.25) is 15.1 Å². The molecule has 1 aromatic heterocycles. The quantitative estimate of drug-likeness (QED) is 0.549. The van der Waals surface area contributed by atoms with E-state index in [0.29, 0.717) is 10.9 Å². The van der Waals surface area contributed by atoms with E-state index in [2.05, 4.69) is 20.9 Å². The Morgan fingerprint density at radius 2 is 2.04 bits per heavy atom. The molecule has 0 aliphatic carbocycles. The molecular formula is C14H14BrN3O4S. The van der Waals surface area contributed by atoms with Gasteiger partial charge in [-0.15, -0.1) is 0 Å². The number of likely N-dealkylation sites (N-methyl/N-ethyl adjacent to an activating group) is 1. The Morgan fingerprint density at radius 1 is 1.30 bits per heavy atom. The van der Waals surface area contributed by atoms with Gasteiger partial charge in [0.15, 0.2) is 4.90 Å². The van der Waals surface area contributed by atoms with Crippen molar-refractivity contribution in [3.63, 3.8) is 0 Å². The van der Waals surface area contributed by atoms with Gasteiger partial charge in [-0.2, -0.15) is 0 Å². The Labute approximate surface area is 142 Å². The summed E-state index contributed by atoms with van der Waals surface area (Å²) in [6, 6.07) is 9.23. The third-order valence-corrected chi connectivity index (χ3v) is 5.60. The van der Waals surface area contributed by atoms with Gasteiger partial charge in [0.25, 0.3) is 5.69 Å². The van der Waals surface area contributed by atoms with Gasteiger partial charge in [0.2, 0.25) is 10.0 Å². The molecule has 0 unspecified atom stereocenters. The molecule has 122 valence electrons. The van der Waals surface area contributed by atoms with Crippen LogP contribution >= 0.6 is 15.9 Å². The summed E-state index contributed by atoms with van der Waals surface area (Å²) in [5.41, 5.74) is 0.302. The summed E-state index contributed by atoms with van der Waals surface area (Å²) in [5, 5.41) is 11.1. The fraction of sp³-hybridized carbons (Fsp3) is 0.214. The monoisotopic (exact) mass is 399 g/mol. The van der Waals surface area contributed by atoms with Gasteiger partial charge in [0.1, 0.15) is 0 Å². The Kier molecular flexibility index (Phi) is 5.45. The second-order valence-corrected chi connectivity index (χ2v) is 7.70. The summed E-state index contributed by atoms with van der Waals surface area (Å²) in [6.07, 6.45) is 2.04. The zero-order chi connectivity index (χ0) is 17.0. The van der Waals surface area contributed by atoms with E-state index in [-0.39, 0.29) is 11.4 Å². The number of nitro benzene ring substituents is 1. The number of halogens is 1. The van der Waals surface area contributed by atoms with E-state index in [4.69, 9.17) is 0 Å². The van der Waals surface area contributed by atoms with Gasteiger partial charge < -0.3 is 0 Å². The first-order chi connectivity index (χ1) is 10.8. The van der Waals surface area contributed by atoms with Crippen LogP contribution in [0.4, 0.5) is 5.69 Å². The second kappa shape index (κ2) is 7.16. The van der Waals surface area contributed by atoms with Crippen LogP contribution in [0.1, 0.15) is 5.69 Å². The highest BCUT2D eigenvalue weighted by atomic mass is 79.9. The smallest absolute Gasteiger partial charge is 0.261 e. The number of benzene rings is 1. The lowest BCUT2D eigenvalue weighted by molar-refractivity contribution is -0.387. The molecular weight excluding hydrogens is 386 g/mol. The highest BCUT2D eigenvalue weighted by molar-refractivity contribution is 9.10. The van der Waals surface area contributed by atoms with E-state index in [9.17, 15) is 18.5 Å². The molecule has 0 saturated carbocycles. The maximum atomic E-state index is 12.6. The first-order valence-corrected chi connectivity index (χ1v) is 8.86. The Bertz CT molecular complexity index is 812. The molecule has 0 aliphatic heterocycles. The standard InChI is InChI=1S/C14H14BrN3O4S/c1-17(9-7-12-4-2-3-8-16-12)23(21,22)14-10-11(15)5-6-13(14)18(19)20/h2-6,8,10H,7,9H2,1H3. The number of hydrogen-bond donors (Lipinski definition) is 0. The molecule has 0 bridgehead atoms. The van der Waals surface area contributed by atoms with Gasteiger partial charge >= 0.3 is 0 Å². The molecule has 9 heteroatoms. The zero-order valence-electron chi connectivity index (χ0n) is 12.2. The molecule has 2 rings (SSSR count). The predicted octanol–water partition coefficient (Wildman–Crippen LogP) is 2.62. The SMILES string of the molecule is CN(CCc1ccccn1)S(=O)(=O)c1cc(Br)ccc1[N+](=O)[O-]. The van der Waals surface area contributed by atoms with E-state index >= 15 is 0 Å². The molecule has 1 aromatic carbocycles. The van der Waals surface area contributed by atoms with Gasteiger partial charge in [-0.1, -0.05) is 22.0 Å². The summed E-state index contributed by atoms with van der Waals surface area (Å²) in [7, 11) is -2.58. The van der Waals surface area contributed by atoms with Crippen molar-refractivity contribution in [1.82, 2.24) is 9.29 Å². The predicted molar refractivity (Wildman–Crippen MR) is 88.6 cm³/mol. The molecule has 1 heterocycles. The molecule has 0 spiro atoms. The molecule has 0 aliphatic rings. The fourth-order valence-electron chi connectivity index (χ4n) is 1.95. The average molecular weight is 400 g/mol. The first kappa shape index (κ1) is 17.5. The molecule has 0 amide bonds. The van der Waals surface area contributed by atoms with Crippen molar-refractivity contribution in [1.29, 1.82) is 0 Å². The Morgan fingerprint density at radius 3 is 2.65 bits per heavy atom. The summed E-state index contributed by atoms with van der Waals surface area (Å²) in [5.74, 6) is 0. The van der Waals surface area contributed by atoms with E-state index in [1.54, 1.807) is 18.3 Å². The number of aromatic nitrogens is 1. The largest absolute Gasteiger partial charge is 0.289 e. The number of rotatable bonds is 6. The van der Waals surface area contributed by atoms with Crippen molar-refractivity contribution < 1.29 is 13.3 Å². The van der Waals surface area contributed by atoms with Gasteiger partial charge in [-0.25, -0.2) is 12.7 Å². The van der Waals surface area contributed by atoms with E-state index in [1.807, 2.05) is 6.07 Å². The topological polar surface area (TPSA) is 93.4 Å². The van der Waals surface area contributed by atoms with Crippen molar-refractivity contribution in [3.05, 3.63) is 62.9 Å². The molecule has 0 fully saturated rings. The lowest BCUT2D eigenvalue weighted by atomic mass is 10.3. The third kappa shape index (κ3) is 4.12. The van der Waals surface area contributed by atoms with E-state index in [1.165, 1.54) is 25.2 Å². The summed E-state index contributed by atoms with van der Waals surface area (Å²) < 4.78 is 26.8. The molecule has 0 radical (unpaired) electrons. The van der Waals surface area contributed by atoms with Gasteiger partial charge in [-0.05, 0) is 24.3 Å². The lowest BCUT2D eigenvalue weighted by Gasteiger charge is -2.17. The Balaban J connectivity index is 2.27. The summed E-state index contributed by atoms with van der Waals surface area (Å²) in [4.78, 5) is 14.2. The van der Waals surface area contributed by atoms with Crippen LogP contribution < -0.4 is 0 Å². The number of nitrogens with zero attached hydrogens (tertiary/aromatic N) is 3. The molecule has 23 heavy (non-hydrogen) atoms. The third-order valence-electron chi connectivity index (χ3n) is 3.22. The van der Waals surface area contributed by atoms with Crippen LogP contribution in [0.3, 0.4) is 0 Å². The highest BCUT2D eigenvalue weighted by Crippen LogP contribution is 2.29. The lowest BCUT2D eigenvalue weighted by Crippen LogP contribution is -2.29. The zero-order valence-corrected chi connectivity index (χ0v) is 14.6. The number of pyridine rings is 1.